The molecule has 0 saturated carbocycles. The van der Waals surface area contributed by atoms with Gasteiger partial charge in [-0.2, -0.15) is 0 Å². The topological polar surface area (TPSA) is 97.5 Å². The van der Waals surface area contributed by atoms with Crippen LogP contribution >= 0.6 is 0 Å². The van der Waals surface area contributed by atoms with E-state index in [1.54, 1.807) is 12.2 Å². The monoisotopic (exact) mass is 361 g/mol. The van der Waals surface area contributed by atoms with E-state index in [1.165, 1.54) is 18.2 Å². The van der Waals surface area contributed by atoms with Crippen molar-refractivity contribution in [2.75, 3.05) is 0 Å². The van der Waals surface area contributed by atoms with Crippen molar-refractivity contribution in [2.24, 2.45) is 0 Å². The number of non-ortho nitro benzene ring substituents is 1. The highest BCUT2D eigenvalue weighted by Gasteiger charge is 2.20. The number of carbonyl (C=O) groups is 2. The van der Waals surface area contributed by atoms with Gasteiger partial charge in [-0.1, -0.05) is 36.4 Å². The first-order valence-electron chi connectivity index (χ1n) is 8.13. The van der Waals surface area contributed by atoms with Crippen molar-refractivity contribution < 1.29 is 19.6 Å². The standard InChI is InChI=1S/C21H15NO5/c1-2-13-3-5-14(6-4-13)15-7-8-20(23)19(12-15)16-9-17(21(24)25)11-18(10-16)22(26)27/h2-12H,1H3,(H,24,25). The van der Waals surface area contributed by atoms with Crippen molar-refractivity contribution in [3.05, 3.63) is 92.4 Å². The summed E-state index contributed by atoms with van der Waals surface area (Å²) in [5.74, 6) is -1.64. The summed E-state index contributed by atoms with van der Waals surface area (Å²) in [5.41, 5.74) is 0.553. The number of aromatic carboxylic acids is 1. The second-order valence-corrected chi connectivity index (χ2v) is 5.95. The predicted molar refractivity (Wildman–Crippen MR) is 101 cm³/mol. The fourth-order valence-corrected chi connectivity index (χ4v) is 2.80. The van der Waals surface area contributed by atoms with Crippen LogP contribution in [0.15, 0.2) is 60.7 Å². The SMILES string of the molecule is CC=c1ccc(=C2C=CC(=O)C(c3cc(C(=O)O)cc([N+](=O)[O-])c3)=C2)cc1. The molecule has 0 atom stereocenters. The second-order valence-electron chi connectivity index (χ2n) is 5.95. The second kappa shape index (κ2) is 7.21. The fourth-order valence-electron chi connectivity index (χ4n) is 2.80. The van der Waals surface area contributed by atoms with Gasteiger partial charge < -0.3 is 5.11 Å². The Labute approximate surface area is 154 Å². The Hall–Kier alpha value is -3.80. The summed E-state index contributed by atoms with van der Waals surface area (Å²) in [6.45, 7) is 1.93. The van der Waals surface area contributed by atoms with E-state index >= 15 is 0 Å². The van der Waals surface area contributed by atoms with Gasteiger partial charge in [0.25, 0.3) is 5.69 Å². The van der Waals surface area contributed by atoms with E-state index in [1.807, 2.05) is 37.3 Å². The molecule has 0 amide bonds. The summed E-state index contributed by atoms with van der Waals surface area (Å²) in [5, 5.41) is 22.3. The Kier molecular flexibility index (Phi) is 4.81. The van der Waals surface area contributed by atoms with Crippen LogP contribution in [0.3, 0.4) is 0 Å². The smallest absolute Gasteiger partial charge is 0.335 e. The van der Waals surface area contributed by atoms with Crippen molar-refractivity contribution in [3.63, 3.8) is 0 Å². The number of carboxylic acids is 1. The lowest BCUT2D eigenvalue weighted by Gasteiger charge is -2.11. The van der Waals surface area contributed by atoms with Gasteiger partial charge in [0.15, 0.2) is 5.78 Å². The minimum absolute atomic E-state index is 0.201. The first-order chi connectivity index (χ1) is 12.9. The zero-order valence-electron chi connectivity index (χ0n) is 14.4. The number of nitrogens with zero attached hydrogens (tertiary/aromatic N) is 1. The zero-order chi connectivity index (χ0) is 19.6. The van der Waals surface area contributed by atoms with Gasteiger partial charge in [0.05, 0.1) is 10.5 Å². The summed E-state index contributed by atoms with van der Waals surface area (Å²) in [6, 6.07) is 11.2. The Morgan fingerprint density at radius 1 is 1.11 bits per heavy atom. The number of carboxylic acid groups (broad SMARTS) is 1. The third kappa shape index (κ3) is 3.74. The van der Waals surface area contributed by atoms with Gasteiger partial charge in [-0.25, -0.2) is 4.79 Å². The fraction of sp³-hybridized carbons (Fsp3) is 0.0476. The Morgan fingerprint density at radius 3 is 2.41 bits per heavy atom. The third-order valence-corrected chi connectivity index (χ3v) is 4.24. The van der Waals surface area contributed by atoms with Gasteiger partial charge >= 0.3 is 5.97 Å². The Balaban J connectivity index is 2.20. The summed E-state index contributed by atoms with van der Waals surface area (Å²) in [6.07, 6.45) is 6.64. The van der Waals surface area contributed by atoms with Crippen molar-refractivity contribution in [2.45, 2.75) is 6.92 Å². The minimum Gasteiger partial charge on any atom is -0.478 e. The summed E-state index contributed by atoms with van der Waals surface area (Å²) in [7, 11) is 0. The van der Waals surface area contributed by atoms with Gasteiger partial charge in [-0.3, -0.25) is 14.9 Å². The lowest BCUT2D eigenvalue weighted by molar-refractivity contribution is -0.384. The van der Waals surface area contributed by atoms with Crippen LogP contribution in [0.2, 0.25) is 0 Å². The number of nitro benzene ring substituents is 1. The quantitative estimate of drug-likeness (QED) is 0.669. The molecule has 0 spiro atoms. The molecule has 0 saturated heterocycles. The zero-order valence-corrected chi connectivity index (χ0v) is 14.4. The van der Waals surface area contributed by atoms with E-state index in [0.29, 0.717) is 0 Å². The maximum Gasteiger partial charge on any atom is 0.335 e. The maximum atomic E-state index is 12.3. The summed E-state index contributed by atoms with van der Waals surface area (Å²) in [4.78, 5) is 34.1. The predicted octanol–water partition coefficient (Wildman–Crippen LogP) is 2.47. The Morgan fingerprint density at radius 2 is 1.81 bits per heavy atom. The maximum absolute atomic E-state index is 12.3. The van der Waals surface area contributed by atoms with Crippen LogP contribution in [0.4, 0.5) is 5.69 Å². The molecule has 3 rings (SSSR count). The molecular formula is C21H15NO5. The van der Waals surface area contributed by atoms with E-state index in [4.69, 9.17) is 0 Å². The van der Waals surface area contributed by atoms with Crippen LogP contribution < -0.4 is 10.4 Å². The van der Waals surface area contributed by atoms with Crippen LogP contribution in [-0.4, -0.2) is 21.8 Å². The average Bonchev–Trinajstić information content (AvgIpc) is 2.68. The summed E-state index contributed by atoms with van der Waals surface area (Å²) < 4.78 is 0. The lowest BCUT2D eigenvalue weighted by atomic mass is 9.92. The van der Waals surface area contributed by atoms with Crippen LogP contribution in [0.1, 0.15) is 22.8 Å². The lowest BCUT2D eigenvalue weighted by Crippen LogP contribution is -2.12. The molecule has 1 aliphatic rings. The van der Waals surface area contributed by atoms with Crippen LogP contribution in [0.25, 0.3) is 17.2 Å². The molecule has 27 heavy (non-hydrogen) atoms. The van der Waals surface area contributed by atoms with Crippen molar-refractivity contribution in [1.82, 2.24) is 0 Å². The minimum atomic E-state index is -1.30. The highest BCUT2D eigenvalue weighted by molar-refractivity contribution is 6.29. The number of carbonyl (C=O) groups excluding carboxylic acids is 1. The molecule has 0 fully saturated rings. The highest BCUT2D eigenvalue weighted by atomic mass is 16.6. The number of ketones is 1. The van der Waals surface area contributed by atoms with E-state index in [-0.39, 0.29) is 28.2 Å². The first-order valence-corrected chi connectivity index (χ1v) is 8.13. The summed E-state index contributed by atoms with van der Waals surface area (Å²) >= 11 is 0. The molecule has 0 heterocycles. The van der Waals surface area contributed by atoms with Crippen molar-refractivity contribution in [3.8, 4) is 0 Å². The molecule has 6 heteroatoms. The van der Waals surface area contributed by atoms with E-state index in [0.717, 1.165) is 22.1 Å². The normalized spacial score (nSPS) is 13.3. The number of hydrogen-bond acceptors (Lipinski definition) is 4. The first kappa shape index (κ1) is 18.0. The molecule has 1 N–H and O–H groups in total. The molecule has 2 aromatic carbocycles. The number of nitro groups is 1. The number of hydrogen-bond donors (Lipinski definition) is 1. The third-order valence-electron chi connectivity index (χ3n) is 4.24. The number of allylic oxidation sites excluding steroid dienone is 4. The van der Waals surface area contributed by atoms with Gasteiger partial charge in [0, 0.05) is 17.7 Å². The van der Waals surface area contributed by atoms with Crippen LogP contribution in [-0.2, 0) is 4.79 Å². The molecular weight excluding hydrogens is 346 g/mol. The van der Waals surface area contributed by atoms with E-state index in [9.17, 15) is 24.8 Å². The van der Waals surface area contributed by atoms with Crippen LogP contribution in [0.5, 0.6) is 0 Å². The molecule has 0 aliphatic heterocycles. The highest BCUT2D eigenvalue weighted by Crippen LogP contribution is 2.27. The number of rotatable bonds is 3. The van der Waals surface area contributed by atoms with Gasteiger partial charge in [0.1, 0.15) is 0 Å². The number of benzene rings is 2. The van der Waals surface area contributed by atoms with Crippen LogP contribution in [0, 0.1) is 10.1 Å². The molecule has 0 unspecified atom stereocenters. The van der Waals surface area contributed by atoms with Crippen molar-refractivity contribution >= 4 is 34.7 Å². The molecule has 134 valence electrons. The molecule has 2 aromatic rings. The molecule has 0 radical (unpaired) electrons. The molecule has 0 bridgehead atoms. The van der Waals surface area contributed by atoms with Gasteiger partial charge in [-0.15, -0.1) is 0 Å². The molecule has 6 nitrogen and oxygen atoms in total. The van der Waals surface area contributed by atoms with E-state index in [2.05, 4.69) is 0 Å². The van der Waals surface area contributed by atoms with Gasteiger partial charge in [-0.05, 0) is 46.7 Å². The van der Waals surface area contributed by atoms with Crippen molar-refractivity contribution in [1.29, 1.82) is 0 Å². The van der Waals surface area contributed by atoms with Gasteiger partial charge in [0.2, 0.25) is 0 Å². The van der Waals surface area contributed by atoms with E-state index < -0.39 is 10.9 Å². The molecule has 0 aromatic heterocycles. The molecule has 1 aliphatic carbocycles. The Bertz CT molecular complexity index is 1100. The average molecular weight is 361 g/mol. The largest absolute Gasteiger partial charge is 0.478 e.